The largest absolute Gasteiger partial charge is 0.379 e. The maximum Gasteiger partial charge on any atom is 0.211 e. The summed E-state index contributed by atoms with van der Waals surface area (Å²) in [6, 6.07) is 0. The van der Waals surface area contributed by atoms with Crippen LogP contribution in [0.4, 0.5) is 0 Å². The average Bonchev–Trinajstić information content (AvgIpc) is 2.29. The lowest BCUT2D eigenvalue weighted by Crippen LogP contribution is -2.21. The van der Waals surface area contributed by atoms with Crippen LogP contribution in [0.3, 0.4) is 0 Å². The molecule has 0 rings (SSSR count). The lowest BCUT2D eigenvalue weighted by atomic mass is 10.1. The highest BCUT2D eigenvalue weighted by atomic mass is 32.2. The predicted molar refractivity (Wildman–Crippen MR) is 73.0 cm³/mol. The topological polar surface area (TPSA) is 78.6 Å². The molecule has 0 aromatic carbocycles. The van der Waals surface area contributed by atoms with Crippen molar-refractivity contribution in [3.05, 3.63) is 0 Å². The van der Waals surface area contributed by atoms with Crippen LogP contribution in [0.2, 0.25) is 0 Å². The van der Waals surface area contributed by atoms with Crippen molar-refractivity contribution in [2.24, 2.45) is 5.14 Å². The Morgan fingerprint density at radius 1 is 0.833 bits per heavy atom. The summed E-state index contributed by atoms with van der Waals surface area (Å²) in [6.07, 6.45) is 7.48. The number of sulfonamides is 1. The van der Waals surface area contributed by atoms with Crippen molar-refractivity contribution in [1.29, 1.82) is 0 Å². The fourth-order valence-electron chi connectivity index (χ4n) is 1.48. The van der Waals surface area contributed by atoms with E-state index in [1.54, 1.807) is 0 Å². The van der Waals surface area contributed by atoms with E-state index in [1.165, 1.54) is 32.1 Å². The molecule has 2 N–H and O–H groups in total. The van der Waals surface area contributed by atoms with Gasteiger partial charge in [0.25, 0.3) is 0 Å². The molecule has 0 fully saturated rings. The Bertz CT molecular complexity index is 267. The van der Waals surface area contributed by atoms with Crippen LogP contribution < -0.4 is 5.14 Å². The number of ether oxygens (including phenoxy) is 2. The smallest absolute Gasteiger partial charge is 0.211 e. The second kappa shape index (κ2) is 11.9. The van der Waals surface area contributed by atoms with Gasteiger partial charge in [0.05, 0.1) is 25.6 Å². The minimum atomic E-state index is -3.40. The number of unbranched alkanes of at least 4 members (excludes halogenated alkanes) is 5. The molecule has 0 atom stereocenters. The highest BCUT2D eigenvalue weighted by molar-refractivity contribution is 7.89. The molecule has 0 aromatic heterocycles. The predicted octanol–water partition coefficient (Wildman–Crippen LogP) is 1.67. The molecule has 0 spiro atoms. The summed E-state index contributed by atoms with van der Waals surface area (Å²) in [5, 5.41) is 4.83. The van der Waals surface area contributed by atoms with Gasteiger partial charge in [0, 0.05) is 6.61 Å². The molecule has 0 saturated carbocycles. The van der Waals surface area contributed by atoms with Gasteiger partial charge in [-0.15, -0.1) is 0 Å². The van der Waals surface area contributed by atoms with Gasteiger partial charge in [0.2, 0.25) is 10.0 Å². The minimum Gasteiger partial charge on any atom is -0.379 e. The van der Waals surface area contributed by atoms with Crippen LogP contribution in [0.5, 0.6) is 0 Å². The van der Waals surface area contributed by atoms with Crippen LogP contribution >= 0.6 is 0 Å². The molecule has 110 valence electrons. The van der Waals surface area contributed by atoms with Crippen molar-refractivity contribution in [3.63, 3.8) is 0 Å². The number of hydrogen-bond donors (Lipinski definition) is 1. The van der Waals surface area contributed by atoms with Crippen LogP contribution in [-0.4, -0.2) is 40.6 Å². The fraction of sp³-hybridized carbons (Fsp3) is 1.00. The molecule has 5 nitrogen and oxygen atoms in total. The van der Waals surface area contributed by atoms with Gasteiger partial charge in [0.15, 0.2) is 0 Å². The zero-order chi connectivity index (χ0) is 13.7. The van der Waals surface area contributed by atoms with Crippen molar-refractivity contribution in [2.45, 2.75) is 45.4 Å². The first-order valence-electron chi connectivity index (χ1n) is 6.72. The van der Waals surface area contributed by atoms with Gasteiger partial charge >= 0.3 is 0 Å². The summed E-state index contributed by atoms with van der Waals surface area (Å²) >= 11 is 0. The molecule has 0 aliphatic carbocycles. The molecule has 6 heteroatoms. The maximum atomic E-state index is 10.6. The van der Waals surface area contributed by atoms with E-state index in [-0.39, 0.29) is 12.4 Å². The molecular weight excluding hydrogens is 254 g/mol. The Labute approximate surface area is 111 Å². The van der Waals surface area contributed by atoms with Crippen molar-refractivity contribution >= 4 is 10.0 Å². The normalized spacial score (nSPS) is 11.9. The molecule has 0 aliphatic heterocycles. The molecular formula is C12H27NO4S. The van der Waals surface area contributed by atoms with Gasteiger partial charge in [-0.25, -0.2) is 13.6 Å². The second-order valence-electron chi connectivity index (χ2n) is 4.36. The van der Waals surface area contributed by atoms with E-state index in [4.69, 9.17) is 14.6 Å². The molecule has 0 aliphatic rings. The van der Waals surface area contributed by atoms with E-state index >= 15 is 0 Å². The van der Waals surface area contributed by atoms with Crippen molar-refractivity contribution in [3.8, 4) is 0 Å². The molecule has 0 bridgehead atoms. The van der Waals surface area contributed by atoms with Gasteiger partial charge in [-0.3, -0.25) is 0 Å². The Kier molecular flexibility index (Phi) is 11.8. The number of hydrogen-bond acceptors (Lipinski definition) is 4. The summed E-state index contributed by atoms with van der Waals surface area (Å²) in [7, 11) is -3.40. The lowest BCUT2D eigenvalue weighted by molar-refractivity contribution is 0.0518. The molecule has 0 aromatic rings. The van der Waals surface area contributed by atoms with E-state index in [2.05, 4.69) is 6.92 Å². The Morgan fingerprint density at radius 3 is 2.00 bits per heavy atom. The third-order valence-electron chi connectivity index (χ3n) is 2.53. The van der Waals surface area contributed by atoms with E-state index in [9.17, 15) is 8.42 Å². The summed E-state index contributed by atoms with van der Waals surface area (Å²) in [5.74, 6) is -0.134. The number of primary sulfonamides is 1. The average molecular weight is 281 g/mol. The zero-order valence-corrected chi connectivity index (χ0v) is 12.2. The van der Waals surface area contributed by atoms with Crippen LogP contribution in [0, 0.1) is 0 Å². The lowest BCUT2D eigenvalue weighted by Gasteiger charge is -2.05. The van der Waals surface area contributed by atoms with E-state index in [0.717, 1.165) is 13.0 Å². The third-order valence-corrected chi connectivity index (χ3v) is 3.26. The van der Waals surface area contributed by atoms with Crippen molar-refractivity contribution in [2.75, 3.05) is 32.2 Å². The van der Waals surface area contributed by atoms with Gasteiger partial charge < -0.3 is 9.47 Å². The summed E-state index contributed by atoms with van der Waals surface area (Å²) in [6.45, 7) is 4.04. The number of nitrogens with two attached hydrogens (primary N) is 1. The van der Waals surface area contributed by atoms with Gasteiger partial charge in [-0.1, -0.05) is 39.0 Å². The third kappa shape index (κ3) is 15.8. The molecule has 0 heterocycles. The zero-order valence-electron chi connectivity index (χ0n) is 11.4. The van der Waals surface area contributed by atoms with E-state index in [0.29, 0.717) is 13.2 Å². The Balaban J connectivity index is 3.03. The van der Waals surface area contributed by atoms with Crippen molar-refractivity contribution < 1.29 is 17.9 Å². The van der Waals surface area contributed by atoms with Crippen LogP contribution in [0.1, 0.15) is 45.4 Å². The highest BCUT2D eigenvalue weighted by Gasteiger charge is 2.01. The summed E-state index contributed by atoms with van der Waals surface area (Å²) in [4.78, 5) is 0. The van der Waals surface area contributed by atoms with Gasteiger partial charge in [0.1, 0.15) is 0 Å². The molecule has 0 saturated heterocycles. The van der Waals surface area contributed by atoms with Crippen LogP contribution in [0.15, 0.2) is 0 Å². The fourth-order valence-corrected chi connectivity index (χ4v) is 1.83. The van der Waals surface area contributed by atoms with Crippen LogP contribution in [0.25, 0.3) is 0 Å². The summed E-state index contributed by atoms with van der Waals surface area (Å²) in [5.41, 5.74) is 0. The SMILES string of the molecule is CCCCCCCCOCCOCCS(N)(=O)=O. The maximum absolute atomic E-state index is 10.6. The number of rotatable bonds is 13. The van der Waals surface area contributed by atoms with E-state index < -0.39 is 10.0 Å². The first kappa shape index (κ1) is 17.8. The molecule has 0 radical (unpaired) electrons. The van der Waals surface area contributed by atoms with E-state index in [1.807, 2.05) is 0 Å². The second-order valence-corrected chi connectivity index (χ2v) is 6.09. The first-order chi connectivity index (χ1) is 8.56. The highest BCUT2D eigenvalue weighted by Crippen LogP contribution is 2.04. The first-order valence-corrected chi connectivity index (χ1v) is 8.43. The monoisotopic (exact) mass is 281 g/mol. The molecule has 18 heavy (non-hydrogen) atoms. The molecule has 0 amide bonds. The van der Waals surface area contributed by atoms with Gasteiger partial charge in [-0.2, -0.15) is 0 Å². The standard InChI is InChI=1S/C12H27NO4S/c1-2-3-4-5-6-7-8-16-9-10-17-11-12-18(13,14)15/h2-12H2,1H3,(H2,13,14,15). The molecule has 0 unspecified atom stereocenters. The minimum absolute atomic E-state index is 0.134. The van der Waals surface area contributed by atoms with Gasteiger partial charge in [-0.05, 0) is 6.42 Å². The quantitative estimate of drug-likeness (QED) is 0.521. The van der Waals surface area contributed by atoms with Crippen LogP contribution in [-0.2, 0) is 19.5 Å². The van der Waals surface area contributed by atoms with Crippen molar-refractivity contribution in [1.82, 2.24) is 0 Å². The Morgan fingerprint density at radius 2 is 1.39 bits per heavy atom. The Hall–Kier alpha value is -0.170. The summed E-state index contributed by atoms with van der Waals surface area (Å²) < 4.78 is 31.6.